The van der Waals surface area contributed by atoms with Gasteiger partial charge in [0.15, 0.2) is 0 Å². The predicted molar refractivity (Wildman–Crippen MR) is 60.5 cm³/mol. The third-order valence-electron chi connectivity index (χ3n) is 3.83. The fourth-order valence-electron chi connectivity index (χ4n) is 2.31. The van der Waals surface area contributed by atoms with Gasteiger partial charge in [0.2, 0.25) is 0 Å². The van der Waals surface area contributed by atoms with Crippen molar-refractivity contribution in [3.05, 3.63) is 0 Å². The van der Waals surface area contributed by atoms with Crippen LogP contribution in [-0.4, -0.2) is 48.6 Å². The molecule has 0 N–H and O–H groups in total. The van der Waals surface area contributed by atoms with Crippen molar-refractivity contribution in [2.24, 2.45) is 5.92 Å². The molecule has 14 heavy (non-hydrogen) atoms. The smallest absolute Gasteiger partial charge is 0.0113 e. The average molecular weight is 196 g/mol. The normalized spacial score (nSPS) is 27.9. The van der Waals surface area contributed by atoms with E-state index in [2.05, 4.69) is 23.6 Å². The van der Waals surface area contributed by atoms with Crippen LogP contribution in [0.25, 0.3) is 0 Å². The quantitative estimate of drug-likeness (QED) is 0.676. The molecule has 0 spiro atoms. The zero-order valence-corrected chi connectivity index (χ0v) is 9.71. The minimum Gasteiger partial charge on any atom is -0.301 e. The molecule has 1 saturated heterocycles. The van der Waals surface area contributed by atoms with Gasteiger partial charge in [-0.25, -0.2) is 0 Å². The summed E-state index contributed by atoms with van der Waals surface area (Å²) < 4.78 is 0. The van der Waals surface area contributed by atoms with Crippen molar-refractivity contribution in [3.8, 4) is 0 Å². The molecule has 0 aromatic carbocycles. The van der Waals surface area contributed by atoms with Crippen molar-refractivity contribution in [1.82, 2.24) is 9.80 Å². The molecule has 2 aliphatic rings. The fourth-order valence-corrected chi connectivity index (χ4v) is 2.31. The van der Waals surface area contributed by atoms with Crippen LogP contribution in [0.2, 0.25) is 0 Å². The van der Waals surface area contributed by atoms with Gasteiger partial charge in [0.25, 0.3) is 0 Å². The Labute approximate surface area is 88.3 Å². The van der Waals surface area contributed by atoms with Gasteiger partial charge in [-0.15, -0.1) is 0 Å². The molecule has 0 amide bonds. The van der Waals surface area contributed by atoms with E-state index in [1.165, 1.54) is 52.0 Å². The van der Waals surface area contributed by atoms with Crippen LogP contribution in [-0.2, 0) is 0 Å². The van der Waals surface area contributed by atoms with E-state index in [1.54, 1.807) is 0 Å². The first kappa shape index (κ1) is 10.4. The maximum absolute atomic E-state index is 2.66. The number of nitrogens with zero attached hydrogens (tertiary/aromatic N) is 2. The number of rotatable bonds is 4. The third kappa shape index (κ3) is 2.71. The maximum Gasteiger partial charge on any atom is 0.0113 e. The molecule has 82 valence electrons. The molecule has 1 aliphatic heterocycles. The lowest BCUT2D eigenvalue weighted by molar-refractivity contribution is 0.0978. The van der Waals surface area contributed by atoms with Crippen LogP contribution in [0, 0.1) is 5.92 Å². The van der Waals surface area contributed by atoms with E-state index in [0.717, 1.165) is 12.0 Å². The van der Waals surface area contributed by atoms with Crippen molar-refractivity contribution in [3.63, 3.8) is 0 Å². The highest BCUT2D eigenvalue weighted by atomic mass is 15.3. The van der Waals surface area contributed by atoms with Gasteiger partial charge in [-0.1, -0.05) is 6.92 Å². The summed E-state index contributed by atoms with van der Waals surface area (Å²) in [6, 6.07) is 0.790. The van der Waals surface area contributed by atoms with Crippen LogP contribution in [0.3, 0.4) is 0 Å². The van der Waals surface area contributed by atoms with Gasteiger partial charge in [0.1, 0.15) is 0 Å². The lowest BCUT2D eigenvalue weighted by Crippen LogP contribution is -2.49. The largest absolute Gasteiger partial charge is 0.301 e. The summed E-state index contributed by atoms with van der Waals surface area (Å²) in [7, 11) is 0. The summed E-state index contributed by atoms with van der Waals surface area (Å²) in [5.41, 5.74) is 0. The van der Waals surface area contributed by atoms with Crippen LogP contribution in [0.1, 0.15) is 33.1 Å². The Bertz CT molecular complexity index is 169. The number of hydrogen-bond donors (Lipinski definition) is 0. The molecule has 2 fully saturated rings. The zero-order chi connectivity index (χ0) is 9.97. The molecule has 1 saturated carbocycles. The third-order valence-corrected chi connectivity index (χ3v) is 3.83. The van der Waals surface area contributed by atoms with Crippen molar-refractivity contribution in [1.29, 1.82) is 0 Å². The maximum atomic E-state index is 2.66. The van der Waals surface area contributed by atoms with E-state index in [-0.39, 0.29) is 0 Å². The molecular weight excluding hydrogens is 172 g/mol. The second kappa shape index (κ2) is 4.63. The molecule has 2 rings (SSSR count). The van der Waals surface area contributed by atoms with Crippen molar-refractivity contribution >= 4 is 0 Å². The van der Waals surface area contributed by atoms with Gasteiger partial charge in [-0.3, -0.25) is 4.90 Å². The first-order valence-corrected chi connectivity index (χ1v) is 6.26. The Kier molecular flexibility index (Phi) is 3.45. The van der Waals surface area contributed by atoms with E-state index in [0.29, 0.717) is 0 Å². The summed E-state index contributed by atoms with van der Waals surface area (Å²) in [5.74, 6) is 1.06. The van der Waals surface area contributed by atoms with Gasteiger partial charge in [0.05, 0.1) is 0 Å². The van der Waals surface area contributed by atoms with E-state index in [1.807, 2.05) is 0 Å². The van der Waals surface area contributed by atoms with Gasteiger partial charge in [0, 0.05) is 38.8 Å². The standard InChI is InChI=1S/C12H24N2/c1-3-11(2)14-8-6-13(7-9-14)10-12-4-5-12/h11-12H,3-10H2,1-2H3. The Morgan fingerprint density at radius 1 is 1.14 bits per heavy atom. The summed E-state index contributed by atoms with van der Waals surface area (Å²) in [6.45, 7) is 11.2. The van der Waals surface area contributed by atoms with E-state index in [4.69, 9.17) is 0 Å². The SMILES string of the molecule is CCC(C)N1CCN(CC2CC2)CC1. The van der Waals surface area contributed by atoms with Gasteiger partial charge < -0.3 is 4.90 Å². The van der Waals surface area contributed by atoms with E-state index >= 15 is 0 Å². The Morgan fingerprint density at radius 2 is 1.79 bits per heavy atom. The number of hydrogen-bond acceptors (Lipinski definition) is 2. The summed E-state index contributed by atoms with van der Waals surface area (Å²) in [4.78, 5) is 5.31. The van der Waals surface area contributed by atoms with Crippen LogP contribution in [0.4, 0.5) is 0 Å². The lowest BCUT2D eigenvalue weighted by Gasteiger charge is -2.37. The molecular formula is C12H24N2. The molecule has 1 unspecified atom stereocenters. The van der Waals surface area contributed by atoms with E-state index in [9.17, 15) is 0 Å². The highest BCUT2D eigenvalue weighted by Crippen LogP contribution is 2.29. The first-order chi connectivity index (χ1) is 6.79. The molecule has 2 nitrogen and oxygen atoms in total. The predicted octanol–water partition coefficient (Wildman–Crippen LogP) is 1.81. The number of piperazine rings is 1. The molecule has 0 radical (unpaired) electrons. The van der Waals surface area contributed by atoms with Crippen molar-refractivity contribution in [2.45, 2.75) is 39.2 Å². The minimum atomic E-state index is 0.790. The van der Waals surface area contributed by atoms with Crippen molar-refractivity contribution < 1.29 is 0 Å². The van der Waals surface area contributed by atoms with E-state index < -0.39 is 0 Å². The molecule has 1 heterocycles. The van der Waals surface area contributed by atoms with Crippen LogP contribution in [0.5, 0.6) is 0 Å². The molecule has 1 aliphatic carbocycles. The van der Waals surface area contributed by atoms with Crippen LogP contribution >= 0.6 is 0 Å². The molecule has 1 atom stereocenters. The highest BCUT2D eigenvalue weighted by molar-refractivity contribution is 4.81. The zero-order valence-electron chi connectivity index (χ0n) is 9.71. The van der Waals surface area contributed by atoms with Crippen LogP contribution in [0.15, 0.2) is 0 Å². The van der Waals surface area contributed by atoms with Gasteiger partial charge in [-0.2, -0.15) is 0 Å². The molecule has 0 bridgehead atoms. The Hall–Kier alpha value is -0.0800. The Morgan fingerprint density at radius 3 is 2.29 bits per heavy atom. The summed E-state index contributed by atoms with van der Waals surface area (Å²) in [5, 5.41) is 0. The van der Waals surface area contributed by atoms with Crippen molar-refractivity contribution in [2.75, 3.05) is 32.7 Å². The summed E-state index contributed by atoms with van der Waals surface area (Å²) in [6.07, 6.45) is 4.28. The first-order valence-electron chi connectivity index (χ1n) is 6.26. The highest BCUT2D eigenvalue weighted by Gasteiger charge is 2.26. The minimum absolute atomic E-state index is 0.790. The van der Waals surface area contributed by atoms with Gasteiger partial charge >= 0.3 is 0 Å². The molecule has 0 aromatic heterocycles. The summed E-state index contributed by atoms with van der Waals surface area (Å²) >= 11 is 0. The monoisotopic (exact) mass is 196 g/mol. The second-order valence-corrected chi connectivity index (χ2v) is 5.04. The topological polar surface area (TPSA) is 6.48 Å². The van der Waals surface area contributed by atoms with Crippen LogP contribution < -0.4 is 0 Å². The van der Waals surface area contributed by atoms with Gasteiger partial charge in [-0.05, 0) is 32.1 Å². The second-order valence-electron chi connectivity index (χ2n) is 5.04. The fraction of sp³-hybridized carbons (Fsp3) is 1.00. The average Bonchev–Trinajstić information content (AvgIpc) is 3.02. The molecule has 2 heteroatoms. The molecule has 0 aromatic rings. The Balaban J connectivity index is 1.68. The lowest BCUT2D eigenvalue weighted by atomic mass is 10.2.